The van der Waals surface area contributed by atoms with Gasteiger partial charge in [0.15, 0.2) is 0 Å². The predicted molar refractivity (Wildman–Crippen MR) is 76.2 cm³/mol. The second kappa shape index (κ2) is 5.49. The van der Waals surface area contributed by atoms with Crippen LogP contribution < -0.4 is 5.73 Å². The number of rotatable bonds is 3. The van der Waals surface area contributed by atoms with Crippen molar-refractivity contribution in [3.63, 3.8) is 0 Å². The van der Waals surface area contributed by atoms with Gasteiger partial charge in [-0.05, 0) is 48.8 Å². The summed E-state index contributed by atoms with van der Waals surface area (Å²) in [7, 11) is 0. The first-order chi connectivity index (χ1) is 8.85. The molecule has 0 radical (unpaired) electrons. The molecule has 0 spiro atoms. The molecule has 1 aromatic carbocycles. The minimum atomic E-state index is -0.259. The lowest BCUT2D eigenvalue weighted by Gasteiger charge is -2.38. The number of hydrogen-bond donors (Lipinski definition) is 1. The molecule has 2 unspecified atom stereocenters. The lowest BCUT2D eigenvalue weighted by atomic mass is 9.71. The molecule has 1 aliphatic carbocycles. The molecule has 0 aromatic heterocycles. The van der Waals surface area contributed by atoms with Crippen molar-refractivity contribution in [1.82, 2.24) is 0 Å². The summed E-state index contributed by atoms with van der Waals surface area (Å²) in [6.45, 7) is 7.25. The summed E-state index contributed by atoms with van der Waals surface area (Å²) in [5.41, 5.74) is 7.52. The van der Waals surface area contributed by atoms with E-state index in [1.54, 1.807) is 6.07 Å². The molecule has 3 heteroatoms. The van der Waals surface area contributed by atoms with Crippen LogP contribution in [0.15, 0.2) is 18.2 Å². The van der Waals surface area contributed by atoms with Crippen molar-refractivity contribution in [2.75, 3.05) is 5.73 Å². The number of benzene rings is 1. The summed E-state index contributed by atoms with van der Waals surface area (Å²) in [5.74, 6) is 0.420. The van der Waals surface area contributed by atoms with E-state index in [1.165, 1.54) is 18.6 Å². The number of hydrogen-bond acceptors (Lipinski definition) is 2. The van der Waals surface area contributed by atoms with Crippen molar-refractivity contribution >= 4 is 5.69 Å². The first kappa shape index (κ1) is 14.3. The SMILES string of the molecule is CC1CC(OCc2cc(F)ccc2N)CC(C)(C)C1. The van der Waals surface area contributed by atoms with E-state index in [2.05, 4.69) is 20.8 Å². The van der Waals surface area contributed by atoms with Gasteiger partial charge in [0, 0.05) is 11.3 Å². The third-order valence-electron chi connectivity index (χ3n) is 3.93. The van der Waals surface area contributed by atoms with Crippen LogP contribution in [-0.2, 0) is 11.3 Å². The molecule has 1 fully saturated rings. The van der Waals surface area contributed by atoms with Gasteiger partial charge in [0.25, 0.3) is 0 Å². The zero-order valence-electron chi connectivity index (χ0n) is 12.1. The number of nitrogens with two attached hydrogens (primary N) is 1. The molecule has 0 amide bonds. The molecule has 0 bridgehead atoms. The van der Waals surface area contributed by atoms with Crippen molar-refractivity contribution < 1.29 is 9.13 Å². The average Bonchev–Trinajstić information content (AvgIpc) is 2.28. The Morgan fingerprint density at radius 2 is 2.11 bits per heavy atom. The number of nitrogen functional groups attached to an aromatic ring is 1. The molecular formula is C16H24FNO. The van der Waals surface area contributed by atoms with Gasteiger partial charge < -0.3 is 10.5 Å². The van der Waals surface area contributed by atoms with E-state index < -0.39 is 0 Å². The van der Waals surface area contributed by atoms with Gasteiger partial charge in [0.2, 0.25) is 0 Å². The Balaban J connectivity index is 1.96. The number of halogens is 1. The molecule has 2 rings (SSSR count). The molecule has 2 atom stereocenters. The maximum atomic E-state index is 13.2. The van der Waals surface area contributed by atoms with Crippen LogP contribution in [0.2, 0.25) is 0 Å². The molecule has 0 saturated heterocycles. The highest BCUT2D eigenvalue weighted by atomic mass is 19.1. The van der Waals surface area contributed by atoms with Crippen LogP contribution >= 0.6 is 0 Å². The highest BCUT2D eigenvalue weighted by Crippen LogP contribution is 2.40. The quantitative estimate of drug-likeness (QED) is 0.834. The summed E-state index contributed by atoms with van der Waals surface area (Å²) in [5, 5.41) is 0. The number of ether oxygens (including phenoxy) is 1. The molecule has 2 nitrogen and oxygen atoms in total. The first-order valence-electron chi connectivity index (χ1n) is 7.01. The first-order valence-corrected chi connectivity index (χ1v) is 7.01. The molecule has 1 saturated carbocycles. The lowest BCUT2D eigenvalue weighted by molar-refractivity contribution is -0.0314. The van der Waals surface area contributed by atoms with Gasteiger partial charge in [-0.25, -0.2) is 4.39 Å². The summed E-state index contributed by atoms with van der Waals surface area (Å²) < 4.78 is 19.2. The maximum Gasteiger partial charge on any atom is 0.123 e. The highest BCUT2D eigenvalue weighted by Gasteiger charge is 2.32. The van der Waals surface area contributed by atoms with Gasteiger partial charge in [-0.15, -0.1) is 0 Å². The fourth-order valence-corrected chi connectivity index (χ4v) is 3.29. The largest absolute Gasteiger partial charge is 0.398 e. The highest BCUT2D eigenvalue weighted by molar-refractivity contribution is 5.46. The molecule has 0 aliphatic heterocycles. The molecule has 106 valence electrons. The van der Waals surface area contributed by atoms with E-state index in [1.807, 2.05) is 0 Å². The van der Waals surface area contributed by atoms with E-state index >= 15 is 0 Å². The topological polar surface area (TPSA) is 35.2 Å². The maximum absolute atomic E-state index is 13.2. The molecule has 0 heterocycles. The van der Waals surface area contributed by atoms with Gasteiger partial charge in [-0.1, -0.05) is 20.8 Å². The van der Waals surface area contributed by atoms with E-state index in [-0.39, 0.29) is 11.9 Å². The Hall–Kier alpha value is -1.09. The smallest absolute Gasteiger partial charge is 0.123 e. The standard InChI is InChI=1S/C16H24FNO/c1-11-6-14(9-16(2,3)8-11)19-10-12-7-13(17)4-5-15(12)18/h4-5,7,11,14H,6,8-10,18H2,1-3H3. The van der Waals surface area contributed by atoms with Crippen LogP contribution in [0.4, 0.5) is 10.1 Å². The zero-order chi connectivity index (χ0) is 14.0. The van der Waals surface area contributed by atoms with Crippen LogP contribution in [-0.4, -0.2) is 6.10 Å². The van der Waals surface area contributed by atoms with E-state index in [9.17, 15) is 4.39 Å². The van der Waals surface area contributed by atoms with Crippen molar-refractivity contribution in [1.29, 1.82) is 0 Å². The Morgan fingerprint density at radius 3 is 2.79 bits per heavy atom. The van der Waals surface area contributed by atoms with Crippen molar-refractivity contribution in [2.45, 2.75) is 52.7 Å². The van der Waals surface area contributed by atoms with Crippen molar-refractivity contribution in [3.8, 4) is 0 Å². The van der Waals surface area contributed by atoms with Crippen LogP contribution in [0.25, 0.3) is 0 Å². The Bertz CT molecular complexity index is 444. The fraction of sp³-hybridized carbons (Fsp3) is 0.625. The van der Waals surface area contributed by atoms with Gasteiger partial charge in [-0.3, -0.25) is 0 Å². The second-order valence-corrected chi connectivity index (χ2v) is 6.69. The van der Waals surface area contributed by atoms with E-state index in [4.69, 9.17) is 10.5 Å². The van der Waals surface area contributed by atoms with Crippen molar-refractivity contribution in [2.24, 2.45) is 11.3 Å². The van der Waals surface area contributed by atoms with Gasteiger partial charge in [-0.2, -0.15) is 0 Å². The summed E-state index contributed by atoms with van der Waals surface area (Å²) in [4.78, 5) is 0. The van der Waals surface area contributed by atoms with Crippen molar-refractivity contribution in [3.05, 3.63) is 29.6 Å². The zero-order valence-corrected chi connectivity index (χ0v) is 12.1. The summed E-state index contributed by atoms with van der Waals surface area (Å²) in [6.07, 6.45) is 3.64. The van der Waals surface area contributed by atoms with E-state index in [0.29, 0.717) is 23.6 Å². The molecule has 1 aromatic rings. The number of anilines is 1. The molecule has 2 N–H and O–H groups in total. The Labute approximate surface area is 115 Å². The third-order valence-corrected chi connectivity index (χ3v) is 3.93. The molecule has 1 aliphatic rings. The van der Waals surface area contributed by atoms with E-state index in [0.717, 1.165) is 18.4 Å². The minimum Gasteiger partial charge on any atom is -0.398 e. The van der Waals surface area contributed by atoms with Gasteiger partial charge >= 0.3 is 0 Å². The van der Waals surface area contributed by atoms with Crippen LogP contribution in [0, 0.1) is 17.2 Å². The van der Waals surface area contributed by atoms with Crippen LogP contribution in [0.1, 0.15) is 45.6 Å². The Kier molecular flexibility index (Phi) is 4.14. The lowest BCUT2D eigenvalue weighted by Crippen LogP contribution is -2.32. The second-order valence-electron chi connectivity index (χ2n) is 6.69. The molecular weight excluding hydrogens is 241 g/mol. The van der Waals surface area contributed by atoms with Gasteiger partial charge in [0.05, 0.1) is 12.7 Å². The van der Waals surface area contributed by atoms with Crippen LogP contribution in [0.3, 0.4) is 0 Å². The monoisotopic (exact) mass is 265 g/mol. The third kappa shape index (κ3) is 3.93. The minimum absolute atomic E-state index is 0.251. The summed E-state index contributed by atoms with van der Waals surface area (Å²) >= 11 is 0. The van der Waals surface area contributed by atoms with Gasteiger partial charge in [0.1, 0.15) is 5.82 Å². The summed E-state index contributed by atoms with van der Waals surface area (Å²) in [6, 6.07) is 4.44. The predicted octanol–water partition coefficient (Wildman–Crippen LogP) is 4.14. The van der Waals surface area contributed by atoms with Crippen LogP contribution in [0.5, 0.6) is 0 Å². The average molecular weight is 265 g/mol. The normalized spacial score (nSPS) is 26.3. The fourth-order valence-electron chi connectivity index (χ4n) is 3.29. The molecule has 19 heavy (non-hydrogen) atoms. The Morgan fingerprint density at radius 1 is 1.37 bits per heavy atom.